The molecule has 1 aliphatic rings. The molecule has 0 aromatic carbocycles. The summed E-state index contributed by atoms with van der Waals surface area (Å²) in [6.45, 7) is 4.61. The summed E-state index contributed by atoms with van der Waals surface area (Å²) in [5.41, 5.74) is 0. The summed E-state index contributed by atoms with van der Waals surface area (Å²) < 4.78 is 22.6. The average Bonchev–Trinajstić information content (AvgIpc) is 2.14. The standard InChI is InChI=1S/C9H18N2O3S/c1-4-10(3)9(12)11-5-6-15(13,14)7-8(11)2/h8H,4-7H2,1-3H3. The first-order valence-corrected chi connectivity index (χ1v) is 6.91. The van der Waals surface area contributed by atoms with Crippen molar-refractivity contribution in [3.8, 4) is 0 Å². The van der Waals surface area contributed by atoms with Gasteiger partial charge in [0.05, 0.1) is 11.5 Å². The lowest BCUT2D eigenvalue weighted by atomic mass is 10.3. The largest absolute Gasteiger partial charge is 0.328 e. The summed E-state index contributed by atoms with van der Waals surface area (Å²) in [4.78, 5) is 15.0. The summed E-state index contributed by atoms with van der Waals surface area (Å²) in [6.07, 6.45) is 0. The molecule has 0 aliphatic carbocycles. The smallest absolute Gasteiger partial charge is 0.320 e. The minimum absolute atomic E-state index is 0.0797. The molecule has 1 aliphatic heterocycles. The number of carbonyl (C=O) groups is 1. The van der Waals surface area contributed by atoms with Crippen molar-refractivity contribution in [2.24, 2.45) is 0 Å². The number of urea groups is 1. The van der Waals surface area contributed by atoms with Gasteiger partial charge in [-0.15, -0.1) is 0 Å². The van der Waals surface area contributed by atoms with Gasteiger partial charge in [0.2, 0.25) is 0 Å². The molecule has 1 heterocycles. The summed E-state index contributed by atoms with van der Waals surface area (Å²) >= 11 is 0. The van der Waals surface area contributed by atoms with Crippen molar-refractivity contribution in [3.05, 3.63) is 0 Å². The van der Waals surface area contributed by atoms with Crippen LogP contribution in [0.25, 0.3) is 0 Å². The molecular formula is C9H18N2O3S. The van der Waals surface area contributed by atoms with E-state index >= 15 is 0 Å². The van der Waals surface area contributed by atoms with Crippen LogP contribution in [-0.4, -0.2) is 61.9 Å². The molecule has 88 valence electrons. The van der Waals surface area contributed by atoms with E-state index in [0.29, 0.717) is 13.1 Å². The second-order valence-corrected chi connectivity index (χ2v) is 6.18. The predicted molar refractivity (Wildman–Crippen MR) is 58.5 cm³/mol. The van der Waals surface area contributed by atoms with E-state index in [-0.39, 0.29) is 23.6 Å². The van der Waals surface area contributed by atoms with Crippen LogP contribution in [-0.2, 0) is 9.84 Å². The number of hydrogen-bond acceptors (Lipinski definition) is 3. The fourth-order valence-electron chi connectivity index (χ4n) is 1.64. The normalized spacial score (nSPS) is 25.0. The van der Waals surface area contributed by atoms with E-state index in [2.05, 4.69) is 0 Å². The van der Waals surface area contributed by atoms with Crippen LogP contribution in [0.4, 0.5) is 4.79 Å². The molecule has 0 N–H and O–H groups in total. The molecule has 1 saturated heterocycles. The van der Waals surface area contributed by atoms with Crippen LogP contribution in [0.1, 0.15) is 13.8 Å². The van der Waals surface area contributed by atoms with Gasteiger partial charge in [0.15, 0.2) is 9.84 Å². The minimum atomic E-state index is -2.94. The van der Waals surface area contributed by atoms with Crippen LogP contribution in [0, 0.1) is 0 Å². The van der Waals surface area contributed by atoms with Crippen LogP contribution < -0.4 is 0 Å². The molecule has 0 saturated carbocycles. The monoisotopic (exact) mass is 234 g/mol. The highest BCUT2D eigenvalue weighted by Crippen LogP contribution is 2.13. The van der Waals surface area contributed by atoms with Crippen molar-refractivity contribution in [1.29, 1.82) is 0 Å². The van der Waals surface area contributed by atoms with Crippen LogP contribution in [0.2, 0.25) is 0 Å². The van der Waals surface area contributed by atoms with Gasteiger partial charge in [0.25, 0.3) is 0 Å². The molecule has 1 rings (SSSR count). The Balaban J connectivity index is 2.70. The molecule has 0 aromatic heterocycles. The molecule has 0 bridgehead atoms. The topological polar surface area (TPSA) is 57.7 Å². The summed E-state index contributed by atoms with van der Waals surface area (Å²) in [5.74, 6) is 0.164. The summed E-state index contributed by atoms with van der Waals surface area (Å²) in [5, 5.41) is 0. The highest BCUT2D eigenvalue weighted by Gasteiger charge is 2.32. The molecular weight excluding hydrogens is 216 g/mol. The lowest BCUT2D eigenvalue weighted by Gasteiger charge is -2.35. The van der Waals surface area contributed by atoms with Crippen molar-refractivity contribution in [1.82, 2.24) is 9.80 Å². The highest BCUT2D eigenvalue weighted by atomic mass is 32.2. The molecule has 5 nitrogen and oxygen atoms in total. The Morgan fingerprint density at radius 3 is 2.60 bits per heavy atom. The van der Waals surface area contributed by atoms with Gasteiger partial charge < -0.3 is 9.80 Å². The Labute approximate surface area is 91.0 Å². The second-order valence-electron chi connectivity index (χ2n) is 3.95. The van der Waals surface area contributed by atoms with Gasteiger partial charge in [-0.1, -0.05) is 0 Å². The van der Waals surface area contributed by atoms with Crippen molar-refractivity contribution in [3.63, 3.8) is 0 Å². The van der Waals surface area contributed by atoms with Crippen LogP contribution >= 0.6 is 0 Å². The van der Waals surface area contributed by atoms with E-state index in [4.69, 9.17) is 0 Å². The predicted octanol–water partition coefficient (Wildman–Crippen LogP) is 0.177. The maximum Gasteiger partial charge on any atom is 0.320 e. The molecule has 1 atom stereocenters. The van der Waals surface area contributed by atoms with Crippen molar-refractivity contribution in [2.75, 3.05) is 31.6 Å². The number of amides is 2. The van der Waals surface area contributed by atoms with E-state index in [9.17, 15) is 13.2 Å². The van der Waals surface area contributed by atoms with Crippen molar-refractivity contribution in [2.45, 2.75) is 19.9 Å². The number of sulfone groups is 1. The lowest BCUT2D eigenvalue weighted by molar-refractivity contribution is 0.153. The number of nitrogens with zero attached hydrogens (tertiary/aromatic N) is 2. The average molecular weight is 234 g/mol. The quantitative estimate of drug-likeness (QED) is 0.650. The zero-order valence-corrected chi connectivity index (χ0v) is 10.2. The molecule has 0 aromatic rings. The number of rotatable bonds is 1. The van der Waals surface area contributed by atoms with Gasteiger partial charge in [-0.3, -0.25) is 0 Å². The fraction of sp³-hybridized carbons (Fsp3) is 0.889. The van der Waals surface area contributed by atoms with Gasteiger partial charge in [0, 0.05) is 26.2 Å². The van der Waals surface area contributed by atoms with Crippen LogP contribution in [0.5, 0.6) is 0 Å². The zero-order chi connectivity index (χ0) is 11.6. The molecule has 1 unspecified atom stereocenters. The Kier molecular flexibility index (Phi) is 3.59. The SMILES string of the molecule is CCN(C)C(=O)N1CCS(=O)(=O)CC1C. The first-order chi connectivity index (χ1) is 6.87. The van der Waals surface area contributed by atoms with Gasteiger partial charge in [-0.2, -0.15) is 0 Å². The third-order valence-electron chi connectivity index (χ3n) is 2.72. The first-order valence-electron chi connectivity index (χ1n) is 5.09. The molecule has 6 heteroatoms. The minimum Gasteiger partial charge on any atom is -0.328 e. The molecule has 1 fully saturated rings. The van der Waals surface area contributed by atoms with Crippen LogP contribution in [0.3, 0.4) is 0 Å². The van der Waals surface area contributed by atoms with Crippen molar-refractivity contribution >= 4 is 15.9 Å². The van der Waals surface area contributed by atoms with E-state index in [1.165, 1.54) is 0 Å². The molecule has 0 radical (unpaired) electrons. The Hall–Kier alpha value is -0.780. The maximum atomic E-state index is 11.8. The lowest BCUT2D eigenvalue weighted by Crippen LogP contribution is -2.53. The third-order valence-corrected chi connectivity index (χ3v) is 4.51. The fourth-order valence-corrected chi connectivity index (χ4v) is 3.19. The van der Waals surface area contributed by atoms with Gasteiger partial charge in [0.1, 0.15) is 0 Å². The molecule has 0 spiro atoms. The second kappa shape index (κ2) is 4.38. The van der Waals surface area contributed by atoms with E-state index < -0.39 is 9.84 Å². The van der Waals surface area contributed by atoms with Crippen molar-refractivity contribution < 1.29 is 13.2 Å². The van der Waals surface area contributed by atoms with E-state index in [1.54, 1.807) is 23.8 Å². The highest BCUT2D eigenvalue weighted by molar-refractivity contribution is 7.91. The first kappa shape index (κ1) is 12.3. The zero-order valence-electron chi connectivity index (χ0n) is 9.43. The van der Waals surface area contributed by atoms with E-state index in [1.807, 2.05) is 6.92 Å². The van der Waals surface area contributed by atoms with Gasteiger partial charge in [-0.05, 0) is 13.8 Å². The van der Waals surface area contributed by atoms with Gasteiger partial charge >= 0.3 is 6.03 Å². The number of carbonyl (C=O) groups excluding carboxylic acids is 1. The number of hydrogen-bond donors (Lipinski definition) is 0. The van der Waals surface area contributed by atoms with Crippen LogP contribution in [0.15, 0.2) is 0 Å². The molecule has 2 amide bonds. The Bertz CT molecular complexity index is 339. The van der Waals surface area contributed by atoms with E-state index in [0.717, 1.165) is 0 Å². The summed E-state index contributed by atoms with van der Waals surface area (Å²) in [6, 6.07) is -0.301. The summed E-state index contributed by atoms with van der Waals surface area (Å²) in [7, 11) is -1.22. The Morgan fingerprint density at radius 2 is 2.13 bits per heavy atom. The maximum absolute atomic E-state index is 11.8. The molecule has 15 heavy (non-hydrogen) atoms. The Morgan fingerprint density at radius 1 is 1.53 bits per heavy atom. The van der Waals surface area contributed by atoms with Gasteiger partial charge in [-0.25, -0.2) is 13.2 Å². The third kappa shape index (κ3) is 2.84.